The highest BCUT2D eigenvalue weighted by Gasteiger charge is 2.22. The molecule has 0 aliphatic rings. The summed E-state index contributed by atoms with van der Waals surface area (Å²) < 4.78 is 2.96. The minimum atomic E-state index is -0.0929. The predicted octanol–water partition coefficient (Wildman–Crippen LogP) is 1.61. The molecule has 21 heavy (non-hydrogen) atoms. The van der Waals surface area contributed by atoms with E-state index < -0.39 is 0 Å². The molecule has 114 valence electrons. The average molecular weight is 353 g/mol. The van der Waals surface area contributed by atoms with Crippen molar-refractivity contribution in [2.24, 2.45) is 0 Å². The molecule has 0 aliphatic heterocycles. The number of halogens is 1. The summed E-state index contributed by atoms with van der Waals surface area (Å²) in [7, 11) is 6.01. The van der Waals surface area contributed by atoms with Crippen molar-refractivity contribution in [2.75, 3.05) is 27.7 Å². The molecule has 0 radical (unpaired) electrons. The van der Waals surface area contributed by atoms with Gasteiger partial charge >= 0.3 is 0 Å². The van der Waals surface area contributed by atoms with Crippen molar-refractivity contribution in [1.29, 1.82) is 0 Å². The summed E-state index contributed by atoms with van der Waals surface area (Å²) in [6.07, 6.45) is 5.49. The van der Waals surface area contributed by atoms with Gasteiger partial charge in [0.1, 0.15) is 6.04 Å². The third-order valence-corrected chi connectivity index (χ3v) is 3.82. The molecule has 0 amide bonds. The molecule has 7 heteroatoms. The summed E-state index contributed by atoms with van der Waals surface area (Å²) in [5, 5.41) is 7.73. The average Bonchev–Trinajstić information content (AvgIpc) is 2.81. The van der Waals surface area contributed by atoms with E-state index in [0.29, 0.717) is 0 Å². The first-order chi connectivity index (χ1) is 10.0. The molecule has 6 nitrogen and oxygen atoms in total. The zero-order valence-corrected chi connectivity index (χ0v) is 14.4. The number of hydrogen-bond donors (Lipinski definition) is 1. The van der Waals surface area contributed by atoms with Crippen LogP contribution in [0.2, 0.25) is 0 Å². The van der Waals surface area contributed by atoms with E-state index in [1.165, 1.54) is 0 Å². The minimum absolute atomic E-state index is 0.0929. The smallest absolute Gasteiger partial charge is 0.151 e. The Morgan fingerprint density at radius 1 is 1.29 bits per heavy atom. The maximum absolute atomic E-state index is 4.45. The Balaban J connectivity index is 2.33. The van der Waals surface area contributed by atoms with Gasteiger partial charge < -0.3 is 10.2 Å². The highest BCUT2D eigenvalue weighted by atomic mass is 79.9. The maximum atomic E-state index is 4.45. The number of nitrogens with one attached hydrogen (secondary N) is 1. The molecular weight excluding hydrogens is 332 g/mol. The van der Waals surface area contributed by atoms with Crippen LogP contribution < -0.4 is 5.32 Å². The Hall–Kier alpha value is -1.31. The molecule has 0 saturated heterocycles. The van der Waals surface area contributed by atoms with Crippen LogP contribution in [0.15, 0.2) is 23.1 Å². The van der Waals surface area contributed by atoms with E-state index in [-0.39, 0.29) is 6.04 Å². The molecule has 2 aromatic rings. The summed E-state index contributed by atoms with van der Waals surface area (Å²) >= 11 is 3.58. The molecule has 2 heterocycles. The van der Waals surface area contributed by atoms with Gasteiger partial charge in [-0.05, 0) is 49.6 Å². The third kappa shape index (κ3) is 3.87. The van der Waals surface area contributed by atoms with Gasteiger partial charge in [0.2, 0.25) is 0 Å². The van der Waals surface area contributed by atoms with E-state index in [1.807, 2.05) is 37.2 Å². The van der Waals surface area contributed by atoms with Crippen molar-refractivity contribution in [3.05, 3.63) is 40.1 Å². The number of aryl methyl sites for hydroxylation is 1. The summed E-state index contributed by atoms with van der Waals surface area (Å²) in [6.45, 7) is 3.72. The lowest BCUT2D eigenvalue weighted by molar-refractivity contribution is 0.365. The lowest BCUT2D eigenvalue weighted by atomic mass is 10.2. The van der Waals surface area contributed by atoms with Gasteiger partial charge in [-0.25, -0.2) is 9.97 Å². The number of likely N-dealkylation sites (N-methyl/N-ethyl adjacent to an activating group) is 1. The van der Waals surface area contributed by atoms with E-state index in [4.69, 9.17) is 0 Å². The van der Waals surface area contributed by atoms with Gasteiger partial charge in [0.25, 0.3) is 0 Å². The first kappa shape index (κ1) is 16.1. The number of rotatable bonds is 6. The molecule has 1 atom stereocenters. The molecule has 0 fully saturated rings. The van der Waals surface area contributed by atoms with Gasteiger partial charge in [-0.1, -0.05) is 0 Å². The van der Waals surface area contributed by atoms with Crippen LogP contribution in [0.25, 0.3) is 0 Å². The quantitative estimate of drug-likeness (QED) is 0.855. The van der Waals surface area contributed by atoms with Gasteiger partial charge in [0.05, 0.1) is 22.9 Å². The number of hydrogen-bond acceptors (Lipinski definition) is 5. The Bertz CT molecular complexity index is 578. The van der Waals surface area contributed by atoms with Gasteiger partial charge in [0.15, 0.2) is 5.82 Å². The van der Waals surface area contributed by atoms with Crippen molar-refractivity contribution in [3.63, 3.8) is 0 Å². The zero-order valence-electron chi connectivity index (χ0n) is 12.8. The van der Waals surface area contributed by atoms with Gasteiger partial charge in [-0.3, -0.25) is 4.68 Å². The number of aromatic nitrogens is 4. The lowest BCUT2D eigenvalue weighted by Crippen LogP contribution is -2.26. The van der Waals surface area contributed by atoms with Crippen LogP contribution in [0.3, 0.4) is 0 Å². The molecule has 0 spiro atoms. The van der Waals surface area contributed by atoms with Crippen molar-refractivity contribution in [2.45, 2.75) is 19.5 Å². The molecule has 1 N–H and O–H groups in total. The molecule has 1 unspecified atom stereocenters. The Morgan fingerprint density at radius 3 is 2.52 bits per heavy atom. The minimum Gasteiger partial charge on any atom is -0.308 e. The molecule has 2 rings (SSSR count). The first-order valence-corrected chi connectivity index (χ1v) is 7.64. The van der Waals surface area contributed by atoms with Gasteiger partial charge in [-0.15, -0.1) is 0 Å². The van der Waals surface area contributed by atoms with Crippen LogP contribution in [-0.2, 0) is 6.54 Å². The van der Waals surface area contributed by atoms with Crippen LogP contribution in [0.1, 0.15) is 23.1 Å². The highest BCUT2D eigenvalue weighted by Crippen LogP contribution is 2.26. The van der Waals surface area contributed by atoms with E-state index in [1.54, 1.807) is 0 Å². The fraction of sp³-hybridized carbons (Fsp3) is 0.500. The highest BCUT2D eigenvalue weighted by molar-refractivity contribution is 9.10. The van der Waals surface area contributed by atoms with Crippen molar-refractivity contribution >= 4 is 15.9 Å². The summed E-state index contributed by atoms with van der Waals surface area (Å²) in [4.78, 5) is 11.0. The van der Waals surface area contributed by atoms with Crippen LogP contribution in [-0.4, -0.2) is 52.3 Å². The third-order valence-electron chi connectivity index (χ3n) is 3.21. The maximum Gasteiger partial charge on any atom is 0.151 e. The molecule has 2 aromatic heterocycles. The molecule has 0 saturated carbocycles. The number of nitrogens with zero attached hydrogens (tertiary/aromatic N) is 5. The normalized spacial score (nSPS) is 12.9. The van der Waals surface area contributed by atoms with Crippen LogP contribution in [0.4, 0.5) is 0 Å². The molecule has 0 bridgehead atoms. The monoisotopic (exact) mass is 352 g/mol. The second-order valence-corrected chi connectivity index (χ2v) is 6.10. The van der Waals surface area contributed by atoms with Crippen LogP contribution in [0, 0.1) is 6.92 Å². The Labute approximate surface area is 133 Å². The van der Waals surface area contributed by atoms with Crippen molar-refractivity contribution < 1.29 is 0 Å². The molecule has 0 aliphatic carbocycles. The Morgan fingerprint density at radius 2 is 1.95 bits per heavy atom. The van der Waals surface area contributed by atoms with E-state index in [2.05, 4.69) is 55.3 Å². The van der Waals surface area contributed by atoms with E-state index >= 15 is 0 Å². The summed E-state index contributed by atoms with van der Waals surface area (Å²) in [5.74, 6) is 0.746. The second-order valence-electron chi connectivity index (χ2n) is 5.24. The fourth-order valence-electron chi connectivity index (χ4n) is 2.07. The fourth-order valence-corrected chi connectivity index (χ4v) is 2.60. The first-order valence-electron chi connectivity index (χ1n) is 6.84. The lowest BCUT2D eigenvalue weighted by Gasteiger charge is -2.18. The SMILES string of the molecule is CNC(c1ncc(C)cn1)c1c(Br)cnn1CCN(C)C. The van der Waals surface area contributed by atoms with Crippen molar-refractivity contribution in [3.8, 4) is 0 Å². The van der Waals surface area contributed by atoms with Crippen LogP contribution >= 0.6 is 15.9 Å². The Kier molecular flexibility index (Phi) is 5.44. The second kappa shape index (κ2) is 7.11. The van der Waals surface area contributed by atoms with Gasteiger partial charge in [0, 0.05) is 18.9 Å². The summed E-state index contributed by atoms with van der Waals surface area (Å²) in [6, 6.07) is -0.0929. The summed E-state index contributed by atoms with van der Waals surface area (Å²) in [5.41, 5.74) is 2.09. The standard InChI is InChI=1S/C14H21BrN6/c1-10-7-17-14(18-8-10)12(16-2)13-11(15)9-19-21(13)6-5-20(3)4/h7-9,12,16H,5-6H2,1-4H3. The topological polar surface area (TPSA) is 58.9 Å². The van der Waals surface area contributed by atoms with Gasteiger partial charge in [-0.2, -0.15) is 5.10 Å². The van der Waals surface area contributed by atoms with E-state index in [0.717, 1.165) is 34.6 Å². The predicted molar refractivity (Wildman–Crippen MR) is 86.2 cm³/mol. The largest absolute Gasteiger partial charge is 0.308 e. The van der Waals surface area contributed by atoms with Crippen molar-refractivity contribution in [1.82, 2.24) is 30.0 Å². The van der Waals surface area contributed by atoms with E-state index in [9.17, 15) is 0 Å². The zero-order chi connectivity index (χ0) is 15.4. The van der Waals surface area contributed by atoms with Crippen LogP contribution in [0.5, 0.6) is 0 Å². The molecular formula is C14H21BrN6. The molecule has 0 aromatic carbocycles.